The monoisotopic (exact) mass is 397 g/mol. The zero-order chi connectivity index (χ0) is 20.7. The number of alkyl halides is 3. The Hall–Kier alpha value is -2.90. The van der Waals surface area contributed by atoms with Crippen molar-refractivity contribution in [2.45, 2.75) is 19.7 Å². The van der Waals surface area contributed by atoms with Crippen LogP contribution in [0.25, 0.3) is 0 Å². The summed E-state index contributed by atoms with van der Waals surface area (Å²) in [5.41, 5.74) is 0.931. The number of nitrogens with zero attached hydrogens (tertiary/aromatic N) is 1. The minimum atomic E-state index is -4.49. The van der Waals surface area contributed by atoms with E-state index in [0.29, 0.717) is 4.90 Å². The van der Waals surface area contributed by atoms with Crippen molar-refractivity contribution in [2.24, 2.45) is 0 Å². The van der Waals surface area contributed by atoms with Gasteiger partial charge in [-0.2, -0.15) is 13.2 Å². The van der Waals surface area contributed by atoms with Crippen molar-refractivity contribution in [3.05, 3.63) is 53.6 Å². The molecule has 0 fully saturated rings. The van der Waals surface area contributed by atoms with Gasteiger partial charge in [-0.25, -0.2) is 0 Å². The Morgan fingerprint density at radius 3 is 2.07 bits per heavy atom. The number of carbonyl (C=O) groups is 1. The third-order valence-corrected chi connectivity index (χ3v) is 3.97. The summed E-state index contributed by atoms with van der Waals surface area (Å²) in [6.07, 6.45) is -4.49. The van der Waals surface area contributed by atoms with Crippen molar-refractivity contribution < 1.29 is 32.2 Å². The van der Waals surface area contributed by atoms with Gasteiger partial charge in [0, 0.05) is 12.1 Å². The number of ether oxygens (including phenoxy) is 3. The Morgan fingerprint density at radius 1 is 1.04 bits per heavy atom. The second-order valence-electron chi connectivity index (χ2n) is 5.92. The lowest BCUT2D eigenvalue weighted by Gasteiger charge is -2.23. The summed E-state index contributed by atoms with van der Waals surface area (Å²) in [6.45, 7) is 0.292. The first-order chi connectivity index (χ1) is 13.3. The first kappa shape index (κ1) is 21.4. The largest absolute Gasteiger partial charge is 0.493 e. The van der Waals surface area contributed by atoms with Gasteiger partial charge in [-0.15, -0.1) is 0 Å². The van der Waals surface area contributed by atoms with Gasteiger partial charge in [0.2, 0.25) is 5.75 Å². The first-order valence-electron chi connectivity index (χ1n) is 8.57. The predicted molar refractivity (Wildman–Crippen MR) is 98.0 cm³/mol. The highest BCUT2D eigenvalue weighted by molar-refractivity contribution is 5.95. The van der Waals surface area contributed by atoms with E-state index >= 15 is 0 Å². The number of rotatable bonds is 8. The number of carbonyl (C=O) groups excluding carboxylic acids is 1. The molecule has 8 heteroatoms. The maximum atomic E-state index is 12.7. The molecule has 0 bridgehead atoms. The zero-order valence-electron chi connectivity index (χ0n) is 15.9. The van der Waals surface area contributed by atoms with E-state index in [0.717, 1.165) is 5.56 Å². The van der Waals surface area contributed by atoms with E-state index in [-0.39, 0.29) is 36.0 Å². The van der Waals surface area contributed by atoms with Gasteiger partial charge in [0.15, 0.2) is 11.5 Å². The molecule has 5 nitrogen and oxygen atoms in total. The lowest BCUT2D eigenvalue weighted by molar-refractivity contribution is -0.140. The summed E-state index contributed by atoms with van der Waals surface area (Å²) < 4.78 is 54.5. The molecule has 2 aromatic carbocycles. The van der Waals surface area contributed by atoms with Gasteiger partial charge in [0.05, 0.1) is 14.2 Å². The molecule has 1 amide bonds. The molecule has 0 radical (unpaired) electrons. The molecule has 0 N–H and O–H groups in total. The van der Waals surface area contributed by atoms with Gasteiger partial charge < -0.3 is 19.1 Å². The van der Waals surface area contributed by atoms with Crippen molar-refractivity contribution in [3.63, 3.8) is 0 Å². The van der Waals surface area contributed by atoms with Crippen molar-refractivity contribution in [3.8, 4) is 17.2 Å². The molecule has 2 rings (SSSR count). The summed E-state index contributed by atoms with van der Waals surface area (Å²) in [7, 11) is 2.76. The van der Waals surface area contributed by atoms with E-state index in [1.54, 1.807) is 0 Å². The number of methoxy groups -OCH3 is 2. The highest BCUT2D eigenvalue weighted by Crippen LogP contribution is 2.39. The van der Waals surface area contributed by atoms with Crippen LogP contribution in [0.5, 0.6) is 17.2 Å². The lowest BCUT2D eigenvalue weighted by Crippen LogP contribution is -2.38. The number of hydrogen-bond acceptors (Lipinski definition) is 4. The third kappa shape index (κ3) is 5.55. The molecule has 0 aromatic heterocycles. The fourth-order valence-electron chi connectivity index (χ4n) is 2.60. The molecule has 0 atom stereocenters. The third-order valence-electron chi connectivity index (χ3n) is 3.97. The van der Waals surface area contributed by atoms with Crippen LogP contribution in [0, 0.1) is 0 Å². The molecular formula is C20H22F3NO4. The van der Waals surface area contributed by atoms with Crippen LogP contribution >= 0.6 is 0 Å². The summed E-state index contributed by atoms with van der Waals surface area (Å²) in [4.78, 5) is 13.3. The van der Waals surface area contributed by atoms with Gasteiger partial charge in [-0.1, -0.05) is 30.3 Å². The van der Waals surface area contributed by atoms with Gasteiger partial charge in [-0.3, -0.25) is 4.79 Å². The summed E-state index contributed by atoms with van der Waals surface area (Å²) in [6, 6.07) is 12.1. The van der Waals surface area contributed by atoms with E-state index in [1.807, 2.05) is 30.3 Å². The van der Waals surface area contributed by atoms with Crippen LogP contribution < -0.4 is 14.2 Å². The quantitative estimate of drug-likeness (QED) is 0.666. The van der Waals surface area contributed by atoms with E-state index in [2.05, 4.69) is 0 Å². The molecule has 0 aliphatic carbocycles. The van der Waals surface area contributed by atoms with Crippen molar-refractivity contribution in [2.75, 3.05) is 27.3 Å². The fourth-order valence-corrected chi connectivity index (χ4v) is 2.60. The van der Waals surface area contributed by atoms with E-state index in [4.69, 9.17) is 14.2 Å². The Bertz CT molecular complexity index is 769. The Morgan fingerprint density at radius 2 is 1.61 bits per heavy atom. The van der Waals surface area contributed by atoms with E-state index < -0.39 is 18.6 Å². The smallest absolute Gasteiger partial charge is 0.406 e. The maximum Gasteiger partial charge on any atom is 0.406 e. The molecule has 28 heavy (non-hydrogen) atoms. The first-order valence-corrected chi connectivity index (χ1v) is 8.57. The van der Waals surface area contributed by atoms with Crippen molar-refractivity contribution in [1.29, 1.82) is 0 Å². The standard InChI is InChI=1S/C20H22F3NO4/c1-4-24(13-20(21,22)23)19(25)15-10-16(26-2)18(17(11-15)27-3)28-12-14-8-6-5-7-9-14/h5-11H,4,12-13H2,1-3H3. The molecule has 0 heterocycles. The number of benzene rings is 2. The molecular weight excluding hydrogens is 375 g/mol. The SMILES string of the molecule is CCN(CC(F)(F)F)C(=O)c1cc(OC)c(OCc2ccccc2)c(OC)c1. The van der Waals surface area contributed by atoms with E-state index in [1.165, 1.54) is 33.3 Å². The Labute approximate surface area is 161 Å². The minimum absolute atomic E-state index is 0.0202. The summed E-state index contributed by atoms with van der Waals surface area (Å²) in [5.74, 6) is -0.112. The molecule has 0 aliphatic heterocycles. The number of amides is 1. The maximum absolute atomic E-state index is 12.7. The minimum Gasteiger partial charge on any atom is -0.493 e. The Kier molecular flexibility index (Phi) is 7.14. The highest BCUT2D eigenvalue weighted by atomic mass is 19.4. The van der Waals surface area contributed by atoms with E-state index in [9.17, 15) is 18.0 Å². The van der Waals surface area contributed by atoms with Crippen LogP contribution in [0.4, 0.5) is 13.2 Å². The van der Waals surface area contributed by atoms with Gasteiger partial charge in [0.1, 0.15) is 13.2 Å². The van der Waals surface area contributed by atoms with Gasteiger partial charge in [0.25, 0.3) is 5.91 Å². The number of hydrogen-bond donors (Lipinski definition) is 0. The predicted octanol–water partition coefficient (Wildman–Crippen LogP) is 4.31. The molecule has 0 saturated carbocycles. The van der Waals surface area contributed by atoms with Gasteiger partial charge >= 0.3 is 6.18 Å². The Balaban J connectivity index is 2.31. The fraction of sp³-hybridized carbons (Fsp3) is 0.350. The summed E-state index contributed by atoms with van der Waals surface area (Å²) >= 11 is 0. The van der Waals surface area contributed by atoms with Crippen LogP contribution in [0.1, 0.15) is 22.8 Å². The normalized spacial score (nSPS) is 11.1. The molecule has 0 unspecified atom stereocenters. The van der Waals surface area contributed by atoms with Gasteiger partial charge in [-0.05, 0) is 24.6 Å². The molecule has 0 spiro atoms. The molecule has 0 saturated heterocycles. The van der Waals surface area contributed by atoms with Crippen molar-refractivity contribution >= 4 is 5.91 Å². The van der Waals surface area contributed by atoms with Crippen LogP contribution in [0.3, 0.4) is 0 Å². The second-order valence-corrected chi connectivity index (χ2v) is 5.92. The molecule has 152 valence electrons. The zero-order valence-corrected chi connectivity index (χ0v) is 15.9. The second kappa shape index (κ2) is 9.34. The average molecular weight is 397 g/mol. The molecule has 2 aromatic rings. The van der Waals surface area contributed by atoms with Crippen LogP contribution in [-0.4, -0.2) is 44.3 Å². The van der Waals surface area contributed by atoms with Crippen LogP contribution in [0.2, 0.25) is 0 Å². The van der Waals surface area contributed by atoms with Crippen molar-refractivity contribution in [1.82, 2.24) is 4.90 Å². The van der Waals surface area contributed by atoms with Crippen LogP contribution in [-0.2, 0) is 6.61 Å². The topological polar surface area (TPSA) is 48.0 Å². The highest BCUT2D eigenvalue weighted by Gasteiger charge is 2.33. The average Bonchev–Trinajstić information content (AvgIpc) is 2.69. The number of halogens is 3. The summed E-state index contributed by atoms with van der Waals surface area (Å²) in [5, 5.41) is 0. The molecule has 0 aliphatic rings. The lowest BCUT2D eigenvalue weighted by atomic mass is 10.1. The van der Waals surface area contributed by atoms with Crippen LogP contribution in [0.15, 0.2) is 42.5 Å².